The van der Waals surface area contributed by atoms with Crippen LogP contribution in [0.2, 0.25) is 0 Å². The van der Waals surface area contributed by atoms with Gasteiger partial charge < -0.3 is 14.5 Å². The van der Waals surface area contributed by atoms with Crippen molar-refractivity contribution in [1.29, 1.82) is 0 Å². The van der Waals surface area contributed by atoms with E-state index in [1.165, 1.54) is 16.8 Å². The minimum Gasteiger partial charge on any atom is -0.492 e. The SMILES string of the molecule is C[C@@H](c1ccc2ncc(OCCCN(C)C)cc2c1)N1CCc2ccccc21. The van der Waals surface area contributed by atoms with Gasteiger partial charge in [-0.2, -0.15) is 0 Å². The third-order valence-corrected chi connectivity index (χ3v) is 5.57. The fraction of sp³-hybridized carbons (Fsp3) is 0.375. The summed E-state index contributed by atoms with van der Waals surface area (Å²) in [6.07, 6.45) is 3.97. The van der Waals surface area contributed by atoms with Gasteiger partial charge >= 0.3 is 0 Å². The van der Waals surface area contributed by atoms with Crippen LogP contribution in [0.15, 0.2) is 54.7 Å². The highest BCUT2D eigenvalue weighted by molar-refractivity contribution is 5.80. The van der Waals surface area contributed by atoms with E-state index in [2.05, 4.69) is 84.3 Å². The van der Waals surface area contributed by atoms with Gasteiger partial charge in [0.2, 0.25) is 0 Å². The number of hydrogen-bond acceptors (Lipinski definition) is 4. The zero-order chi connectivity index (χ0) is 19.5. The van der Waals surface area contributed by atoms with Gasteiger partial charge in [-0.25, -0.2) is 0 Å². The van der Waals surface area contributed by atoms with Gasteiger partial charge in [0.15, 0.2) is 0 Å². The predicted octanol–water partition coefficient (Wildman–Crippen LogP) is 4.69. The van der Waals surface area contributed by atoms with Gasteiger partial charge in [0, 0.05) is 24.2 Å². The van der Waals surface area contributed by atoms with Crippen LogP contribution in [-0.4, -0.2) is 43.7 Å². The van der Waals surface area contributed by atoms with Gasteiger partial charge in [-0.1, -0.05) is 24.3 Å². The van der Waals surface area contributed by atoms with Gasteiger partial charge in [-0.3, -0.25) is 4.98 Å². The lowest BCUT2D eigenvalue weighted by Crippen LogP contribution is -2.24. The molecule has 4 heteroatoms. The molecule has 28 heavy (non-hydrogen) atoms. The quantitative estimate of drug-likeness (QED) is 0.560. The summed E-state index contributed by atoms with van der Waals surface area (Å²) in [5, 5.41) is 1.14. The van der Waals surface area contributed by atoms with Crippen LogP contribution in [0, 0.1) is 0 Å². The second-order valence-corrected chi connectivity index (χ2v) is 7.88. The molecule has 2 heterocycles. The number of pyridine rings is 1. The molecule has 4 rings (SSSR count). The Morgan fingerprint density at radius 1 is 1.14 bits per heavy atom. The molecule has 1 atom stereocenters. The summed E-state index contributed by atoms with van der Waals surface area (Å²) < 4.78 is 5.91. The van der Waals surface area contributed by atoms with Crippen molar-refractivity contribution >= 4 is 16.6 Å². The molecule has 3 aromatic rings. The highest BCUT2D eigenvalue weighted by Crippen LogP contribution is 2.35. The molecule has 146 valence electrons. The van der Waals surface area contributed by atoms with Crippen molar-refractivity contribution in [2.75, 3.05) is 38.7 Å². The smallest absolute Gasteiger partial charge is 0.138 e. The van der Waals surface area contributed by atoms with Crippen LogP contribution in [0.4, 0.5) is 5.69 Å². The Kier molecular flexibility index (Phi) is 5.49. The van der Waals surface area contributed by atoms with Crippen LogP contribution in [0.1, 0.15) is 30.5 Å². The molecular weight excluding hydrogens is 346 g/mol. The Balaban J connectivity index is 1.52. The van der Waals surface area contributed by atoms with E-state index >= 15 is 0 Å². The number of fused-ring (bicyclic) bond motifs is 2. The molecule has 0 N–H and O–H groups in total. The summed E-state index contributed by atoms with van der Waals surface area (Å²) in [6.45, 7) is 5.11. The van der Waals surface area contributed by atoms with Crippen LogP contribution in [-0.2, 0) is 6.42 Å². The van der Waals surface area contributed by atoms with Crippen LogP contribution in [0.3, 0.4) is 0 Å². The summed E-state index contributed by atoms with van der Waals surface area (Å²) in [5.74, 6) is 0.850. The molecule has 4 nitrogen and oxygen atoms in total. The molecule has 1 aromatic heterocycles. The first kappa shape index (κ1) is 18.8. The monoisotopic (exact) mass is 375 g/mol. The first-order valence-corrected chi connectivity index (χ1v) is 10.1. The number of para-hydroxylation sites is 1. The van der Waals surface area contributed by atoms with Gasteiger partial charge in [0.25, 0.3) is 0 Å². The molecule has 0 spiro atoms. The zero-order valence-electron chi connectivity index (χ0n) is 17.1. The molecule has 0 fully saturated rings. The summed E-state index contributed by atoms with van der Waals surface area (Å²) in [7, 11) is 4.16. The molecule has 0 unspecified atom stereocenters. The Hall–Kier alpha value is -2.59. The first-order chi connectivity index (χ1) is 13.6. The van der Waals surface area contributed by atoms with Crippen LogP contribution in [0.5, 0.6) is 5.75 Å². The maximum atomic E-state index is 5.91. The summed E-state index contributed by atoms with van der Waals surface area (Å²) in [4.78, 5) is 9.26. The molecule has 1 aliphatic heterocycles. The minimum absolute atomic E-state index is 0.331. The summed E-state index contributed by atoms with van der Waals surface area (Å²) in [5.41, 5.74) is 5.14. The van der Waals surface area contributed by atoms with Crippen molar-refractivity contribution in [2.24, 2.45) is 0 Å². The zero-order valence-corrected chi connectivity index (χ0v) is 17.1. The van der Waals surface area contributed by atoms with Gasteiger partial charge in [0.1, 0.15) is 5.75 Å². The highest BCUT2D eigenvalue weighted by atomic mass is 16.5. The number of aromatic nitrogens is 1. The molecule has 0 bridgehead atoms. The van der Waals surface area contributed by atoms with E-state index in [4.69, 9.17) is 4.74 Å². The Labute approximate surface area is 167 Å². The average molecular weight is 376 g/mol. The highest BCUT2D eigenvalue weighted by Gasteiger charge is 2.24. The standard InChI is InChI=1S/C24H29N3O/c1-18(27-13-11-19-7-4-5-8-24(19)27)20-9-10-23-21(15-20)16-22(17-25-23)28-14-6-12-26(2)3/h4-5,7-10,15-18H,6,11-14H2,1-3H3/t18-/m0/s1. The normalized spacial score (nSPS) is 14.5. The lowest BCUT2D eigenvalue weighted by molar-refractivity contribution is 0.281. The fourth-order valence-electron chi connectivity index (χ4n) is 3.99. The van der Waals surface area contributed by atoms with Crippen LogP contribution in [0.25, 0.3) is 10.9 Å². The Morgan fingerprint density at radius 3 is 2.86 bits per heavy atom. The largest absolute Gasteiger partial charge is 0.492 e. The van der Waals surface area contributed by atoms with E-state index in [9.17, 15) is 0 Å². The van der Waals surface area contributed by atoms with Crippen LogP contribution >= 0.6 is 0 Å². The molecule has 2 aromatic carbocycles. The fourth-order valence-corrected chi connectivity index (χ4v) is 3.99. The third kappa shape index (κ3) is 3.97. The van der Waals surface area contributed by atoms with Crippen molar-refractivity contribution in [3.05, 3.63) is 65.9 Å². The second-order valence-electron chi connectivity index (χ2n) is 7.88. The van der Waals surface area contributed by atoms with E-state index in [-0.39, 0.29) is 0 Å². The van der Waals surface area contributed by atoms with Gasteiger partial charge in [-0.15, -0.1) is 0 Å². The third-order valence-electron chi connectivity index (χ3n) is 5.57. The molecular formula is C24H29N3O. The summed E-state index contributed by atoms with van der Waals surface area (Å²) in [6, 6.07) is 17.8. The lowest BCUT2D eigenvalue weighted by Gasteiger charge is -2.28. The van der Waals surface area contributed by atoms with Crippen molar-refractivity contribution in [3.63, 3.8) is 0 Å². The molecule has 0 aliphatic carbocycles. The molecule has 0 saturated carbocycles. The number of ether oxygens (including phenoxy) is 1. The molecule has 1 aliphatic rings. The van der Waals surface area contributed by atoms with Gasteiger partial charge in [0.05, 0.1) is 24.4 Å². The van der Waals surface area contributed by atoms with E-state index in [1.54, 1.807) is 0 Å². The Bertz CT molecular complexity index is 953. The summed E-state index contributed by atoms with van der Waals surface area (Å²) >= 11 is 0. The second kappa shape index (κ2) is 8.19. The number of hydrogen-bond donors (Lipinski definition) is 0. The maximum absolute atomic E-state index is 5.91. The van der Waals surface area contributed by atoms with Crippen molar-refractivity contribution in [3.8, 4) is 5.75 Å². The number of rotatable bonds is 7. The Morgan fingerprint density at radius 2 is 2.00 bits per heavy atom. The topological polar surface area (TPSA) is 28.6 Å². The van der Waals surface area contributed by atoms with Crippen molar-refractivity contribution in [2.45, 2.75) is 25.8 Å². The van der Waals surface area contributed by atoms with E-state index in [0.717, 1.165) is 42.6 Å². The van der Waals surface area contributed by atoms with E-state index in [0.29, 0.717) is 12.6 Å². The average Bonchev–Trinajstić information content (AvgIpc) is 3.14. The minimum atomic E-state index is 0.331. The molecule has 0 saturated heterocycles. The first-order valence-electron chi connectivity index (χ1n) is 10.1. The van der Waals surface area contributed by atoms with Gasteiger partial charge in [-0.05, 0) is 69.3 Å². The predicted molar refractivity (Wildman–Crippen MR) is 116 cm³/mol. The van der Waals surface area contributed by atoms with Crippen molar-refractivity contribution < 1.29 is 4.74 Å². The maximum Gasteiger partial charge on any atom is 0.138 e. The lowest BCUT2D eigenvalue weighted by atomic mass is 10.0. The molecule has 0 radical (unpaired) electrons. The molecule has 0 amide bonds. The van der Waals surface area contributed by atoms with Crippen LogP contribution < -0.4 is 9.64 Å². The van der Waals surface area contributed by atoms with E-state index < -0.39 is 0 Å². The van der Waals surface area contributed by atoms with Crippen molar-refractivity contribution in [1.82, 2.24) is 9.88 Å². The number of benzene rings is 2. The number of anilines is 1. The van der Waals surface area contributed by atoms with E-state index in [1.807, 2.05) is 6.20 Å². The number of nitrogens with zero attached hydrogens (tertiary/aromatic N) is 3.